The number of methoxy groups -OCH3 is 1. The van der Waals surface area contributed by atoms with Crippen molar-refractivity contribution < 1.29 is 65.9 Å². The molecule has 4 unspecified atom stereocenters. The first-order valence-corrected chi connectivity index (χ1v) is 23.6. The summed E-state index contributed by atoms with van der Waals surface area (Å²) in [6, 6.07) is 14.4. The number of anilines is 2. The van der Waals surface area contributed by atoms with E-state index < -0.39 is 47.8 Å². The number of amides is 4. The summed E-state index contributed by atoms with van der Waals surface area (Å²) in [7, 11) is 2.92. The fourth-order valence-electron chi connectivity index (χ4n) is 10.3. The van der Waals surface area contributed by atoms with Crippen molar-refractivity contribution in [3.8, 4) is 28.9 Å². The number of nitrogens with zero attached hydrogens (tertiary/aromatic N) is 5. The summed E-state index contributed by atoms with van der Waals surface area (Å²) in [4.78, 5) is 78.8. The van der Waals surface area contributed by atoms with Crippen LogP contribution in [0.1, 0.15) is 64.1 Å². The van der Waals surface area contributed by atoms with E-state index in [1.807, 2.05) is 0 Å². The number of aryl methyl sites for hydroxylation is 1. The second-order valence-corrected chi connectivity index (χ2v) is 18.8. The monoisotopic (exact) mass is 1020 g/mol. The molecule has 19 nitrogen and oxygen atoms in total. The number of hydrogen-bond acceptors (Lipinski definition) is 14. The highest BCUT2D eigenvalue weighted by Crippen LogP contribution is 2.59. The Bertz CT molecular complexity index is 3350. The van der Waals surface area contributed by atoms with E-state index in [1.54, 1.807) is 28.0 Å². The zero-order valence-electron chi connectivity index (χ0n) is 39.9. The third kappa shape index (κ3) is 9.60. The molecule has 2 saturated heterocycles. The zero-order chi connectivity index (χ0) is 52.4. The van der Waals surface area contributed by atoms with Crippen LogP contribution >= 0.6 is 0 Å². The average molecular weight is 1020 g/mol. The lowest BCUT2D eigenvalue weighted by Gasteiger charge is -2.37. The fourth-order valence-corrected chi connectivity index (χ4v) is 10.3. The molecule has 0 bridgehead atoms. The molecule has 2 aromatic heterocycles. The van der Waals surface area contributed by atoms with Crippen LogP contribution in [-0.4, -0.2) is 110 Å². The van der Waals surface area contributed by atoms with Gasteiger partial charge in [-0.3, -0.25) is 29.3 Å². The Hall–Kier alpha value is -7.89. The van der Waals surface area contributed by atoms with E-state index in [0.29, 0.717) is 67.3 Å². The van der Waals surface area contributed by atoms with Gasteiger partial charge in [0.05, 0.1) is 35.0 Å². The number of carbonyl (C=O) groups is 4. The SMILES string of the molecule is COc1cc2c(Oc3ccc(NC(=O)c4c(C)n(C)c5ccc(OC(F)(F)F)cc5c4=O)cc3F)ncnc2cc1OCC(=O)N1CCC2(CC1)CC2C(=O)Nc1ccc2c(c1)CN(C1CCC(O)NC1O)C2=O. The van der Waals surface area contributed by atoms with Gasteiger partial charge in [0.1, 0.15) is 30.1 Å². The number of alkyl halides is 3. The molecule has 1 spiro atoms. The van der Waals surface area contributed by atoms with E-state index >= 15 is 4.39 Å². The first-order valence-electron chi connectivity index (χ1n) is 23.6. The molecule has 386 valence electrons. The predicted octanol–water partition coefficient (Wildman–Crippen LogP) is 5.87. The Morgan fingerprint density at radius 2 is 1.66 bits per heavy atom. The summed E-state index contributed by atoms with van der Waals surface area (Å²) in [5, 5.41) is 28.5. The van der Waals surface area contributed by atoms with Crippen molar-refractivity contribution in [3.05, 3.63) is 111 Å². The van der Waals surface area contributed by atoms with Crippen LogP contribution in [0, 0.1) is 24.1 Å². The summed E-state index contributed by atoms with van der Waals surface area (Å²) in [5.74, 6) is -3.34. The zero-order valence-corrected chi connectivity index (χ0v) is 39.9. The molecule has 74 heavy (non-hydrogen) atoms. The van der Waals surface area contributed by atoms with Crippen LogP contribution in [0.5, 0.6) is 28.9 Å². The second-order valence-electron chi connectivity index (χ2n) is 18.8. The van der Waals surface area contributed by atoms with Gasteiger partial charge in [-0.25, -0.2) is 14.4 Å². The number of rotatable bonds is 12. The lowest BCUT2D eigenvalue weighted by atomic mass is 9.90. The van der Waals surface area contributed by atoms with Crippen LogP contribution in [0.3, 0.4) is 0 Å². The summed E-state index contributed by atoms with van der Waals surface area (Å²) < 4.78 is 77.2. The fraction of sp³-hybridized carbons (Fsp3) is 0.353. The Kier molecular flexibility index (Phi) is 12.9. The van der Waals surface area contributed by atoms with Crippen molar-refractivity contribution in [1.82, 2.24) is 29.7 Å². The van der Waals surface area contributed by atoms with Crippen molar-refractivity contribution in [2.75, 3.05) is 37.4 Å². The molecule has 4 aromatic carbocycles. The number of likely N-dealkylation sites (tertiary alicyclic amines) is 1. The van der Waals surface area contributed by atoms with Crippen molar-refractivity contribution in [1.29, 1.82) is 0 Å². The number of aromatic nitrogens is 3. The third-order valence-corrected chi connectivity index (χ3v) is 14.4. The van der Waals surface area contributed by atoms with E-state index in [0.717, 1.165) is 23.8 Å². The molecular formula is C51H48F4N8O11. The van der Waals surface area contributed by atoms with Gasteiger partial charge in [0.15, 0.2) is 29.7 Å². The van der Waals surface area contributed by atoms with Gasteiger partial charge in [0, 0.05) is 67.4 Å². The highest BCUT2D eigenvalue weighted by Gasteiger charge is 2.58. The molecule has 10 rings (SSSR count). The first kappa shape index (κ1) is 49.7. The van der Waals surface area contributed by atoms with Gasteiger partial charge in [0.25, 0.3) is 17.7 Å². The van der Waals surface area contributed by atoms with E-state index in [-0.39, 0.29) is 93.2 Å². The number of halogens is 4. The van der Waals surface area contributed by atoms with E-state index in [1.165, 1.54) is 62.3 Å². The van der Waals surface area contributed by atoms with Crippen molar-refractivity contribution in [2.45, 2.75) is 70.4 Å². The van der Waals surface area contributed by atoms with Crippen molar-refractivity contribution in [3.63, 3.8) is 0 Å². The van der Waals surface area contributed by atoms with Gasteiger partial charge < -0.3 is 54.2 Å². The van der Waals surface area contributed by atoms with Crippen LogP contribution in [0.25, 0.3) is 21.8 Å². The second kappa shape index (κ2) is 19.2. The van der Waals surface area contributed by atoms with Gasteiger partial charge in [-0.05, 0) is 105 Å². The van der Waals surface area contributed by atoms with Crippen LogP contribution < -0.4 is 40.3 Å². The molecule has 23 heteroatoms. The number of aliphatic hydroxyl groups is 2. The van der Waals surface area contributed by atoms with E-state index in [9.17, 15) is 47.4 Å². The molecule has 6 aromatic rings. The Labute approximate surface area is 418 Å². The Morgan fingerprint density at radius 1 is 0.905 bits per heavy atom. The van der Waals surface area contributed by atoms with Gasteiger partial charge >= 0.3 is 6.36 Å². The molecule has 3 fully saturated rings. The summed E-state index contributed by atoms with van der Waals surface area (Å²) in [5.41, 5.74) is 1.03. The minimum absolute atomic E-state index is 0.0646. The molecule has 4 atom stereocenters. The number of nitrogens with one attached hydrogen (secondary N) is 3. The molecule has 5 heterocycles. The molecule has 4 amide bonds. The van der Waals surface area contributed by atoms with Crippen LogP contribution in [0.15, 0.2) is 77.9 Å². The number of hydrogen-bond donors (Lipinski definition) is 5. The van der Waals surface area contributed by atoms with Crippen LogP contribution in [-0.2, 0) is 23.2 Å². The number of benzene rings is 4. The minimum atomic E-state index is -5.01. The number of piperidine rings is 2. The number of pyridine rings is 1. The largest absolute Gasteiger partial charge is 0.573 e. The highest BCUT2D eigenvalue weighted by molar-refractivity contribution is 6.07. The topological polar surface area (TPSA) is 236 Å². The number of fused-ring (bicyclic) bond motifs is 3. The summed E-state index contributed by atoms with van der Waals surface area (Å²) >= 11 is 0. The highest BCUT2D eigenvalue weighted by atomic mass is 19.4. The lowest BCUT2D eigenvalue weighted by Crippen LogP contribution is -2.56. The predicted molar refractivity (Wildman–Crippen MR) is 256 cm³/mol. The molecule has 1 aliphatic carbocycles. The Morgan fingerprint density at radius 3 is 2.39 bits per heavy atom. The van der Waals surface area contributed by atoms with Crippen LogP contribution in [0.2, 0.25) is 0 Å². The van der Waals surface area contributed by atoms with E-state index in [2.05, 4.69) is 30.7 Å². The summed E-state index contributed by atoms with van der Waals surface area (Å²) in [6.07, 6.45) is -2.94. The van der Waals surface area contributed by atoms with E-state index in [4.69, 9.17) is 14.2 Å². The van der Waals surface area contributed by atoms with Gasteiger partial charge in [-0.1, -0.05) is 0 Å². The molecule has 4 aliphatic rings. The minimum Gasteiger partial charge on any atom is -0.493 e. The number of carbonyl (C=O) groups excluding carboxylic acids is 4. The van der Waals surface area contributed by atoms with Crippen molar-refractivity contribution in [2.24, 2.45) is 18.4 Å². The molecule has 5 N–H and O–H groups in total. The smallest absolute Gasteiger partial charge is 0.493 e. The number of aliphatic hydroxyl groups excluding tert-OH is 2. The van der Waals surface area contributed by atoms with Gasteiger partial charge in [-0.2, -0.15) is 0 Å². The molecule has 3 aliphatic heterocycles. The maximum Gasteiger partial charge on any atom is 0.573 e. The molecular weight excluding hydrogens is 977 g/mol. The van der Waals surface area contributed by atoms with Gasteiger partial charge in [0.2, 0.25) is 17.2 Å². The Balaban J connectivity index is 0.736. The normalized spacial score (nSPS) is 20.1. The van der Waals surface area contributed by atoms with Gasteiger partial charge in [-0.15, -0.1) is 13.2 Å². The maximum absolute atomic E-state index is 15.6. The number of ether oxygens (including phenoxy) is 4. The average Bonchev–Trinajstić information content (AvgIpc) is 3.97. The molecule has 0 radical (unpaired) electrons. The molecule has 1 saturated carbocycles. The standard InChI is InChI=1S/C51H48F4N8O11/c1-25-43(44(66)32-18-29(74-51(53,54)55)6-8-36(32)61(25)2)47(69)59-28-5-10-38(34(52)17-28)73-48-31-19-39(71-3)40(20-35(31)56-24-57-48)72-23-42(65)62-14-12-50(13-15-62)21-33(50)45(67)58-27-4-7-30-26(16-27)22-63(49(30)70)37-9-11-41(64)60-46(37)68/h4-8,10,16-20,24,33,37,41,46,60,64,68H,9,11-15,21-23H2,1-3H3,(H,58,67)(H,59,69). The first-order chi connectivity index (χ1) is 35.3. The quantitative estimate of drug-likeness (QED) is 0.0903. The van der Waals surface area contributed by atoms with Crippen molar-refractivity contribution >= 4 is 56.8 Å². The third-order valence-electron chi connectivity index (χ3n) is 14.4. The maximum atomic E-state index is 15.6. The van der Waals surface area contributed by atoms with Crippen LogP contribution in [0.4, 0.5) is 28.9 Å². The lowest BCUT2D eigenvalue weighted by molar-refractivity contribution is -0.274. The summed E-state index contributed by atoms with van der Waals surface area (Å²) in [6.45, 7) is 2.28.